The van der Waals surface area contributed by atoms with Crippen molar-refractivity contribution in [3.8, 4) is 0 Å². The first kappa shape index (κ1) is 21.1. The number of amides is 2. The maximum atomic E-state index is 13.3. The first-order chi connectivity index (χ1) is 15.1. The lowest BCUT2D eigenvalue weighted by Gasteiger charge is -2.33. The van der Waals surface area contributed by atoms with Crippen LogP contribution in [0.3, 0.4) is 0 Å². The maximum Gasteiger partial charge on any atom is 0.253 e. The summed E-state index contributed by atoms with van der Waals surface area (Å²) in [4.78, 5) is 27.9. The molecule has 1 aliphatic heterocycles. The van der Waals surface area contributed by atoms with E-state index in [0.29, 0.717) is 23.7 Å². The van der Waals surface area contributed by atoms with Gasteiger partial charge in [-0.15, -0.1) is 0 Å². The van der Waals surface area contributed by atoms with Crippen LogP contribution in [-0.2, 0) is 4.79 Å². The summed E-state index contributed by atoms with van der Waals surface area (Å²) in [5, 5.41) is 3.78. The fraction of sp³-hybridized carbons (Fsp3) is 0.231. The van der Waals surface area contributed by atoms with Crippen LogP contribution >= 0.6 is 11.6 Å². The van der Waals surface area contributed by atoms with Crippen molar-refractivity contribution in [3.05, 3.63) is 107 Å². The number of carbonyl (C=O) groups excluding carboxylic acids is 2. The van der Waals surface area contributed by atoms with Crippen LogP contribution in [0.1, 0.15) is 40.2 Å². The molecule has 1 heterocycles. The van der Waals surface area contributed by atoms with E-state index >= 15 is 0 Å². The molecule has 4 nitrogen and oxygen atoms in total. The molecule has 0 bridgehead atoms. The molecule has 0 spiro atoms. The van der Waals surface area contributed by atoms with Gasteiger partial charge in [0.15, 0.2) is 0 Å². The average Bonchev–Trinajstić information content (AvgIpc) is 2.81. The molecule has 1 aliphatic rings. The number of piperidine rings is 1. The quantitative estimate of drug-likeness (QED) is 0.623. The number of hydrogen-bond acceptors (Lipinski definition) is 2. The van der Waals surface area contributed by atoms with Gasteiger partial charge in [0, 0.05) is 29.7 Å². The third kappa shape index (κ3) is 5.15. The lowest BCUT2D eigenvalue weighted by atomic mass is 9.90. The van der Waals surface area contributed by atoms with E-state index in [2.05, 4.69) is 5.32 Å². The molecule has 31 heavy (non-hydrogen) atoms. The summed E-state index contributed by atoms with van der Waals surface area (Å²) in [5.74, 6) is -0.371. The van der Waals surface area contributed by atoms with Crippen LogP contribution in [-0.4, -0.2) is 35.8 Å². The first-order valence-electron chi connectivity index (χ1n) is 10.6. The molecule has 5 heteroatoms. The van der Waals surface area contributed by atoms with E-state index in [4.69, 9.17) is 11.6 Å². The van der Waals surface area contributed by atoms with Crippen molar-refractivity contribution in [1.82, 2.24) is 10.2 Å². The number of nitrogens with zero attached hydrogens (tertiary/aromatic N) is 1. The van der Waals surface area contributed by atoms with Crippen LogP contribution < -0.4 is 5.32 Å². The number of halogens is 1. The number of carbonyl (C=O) groups is 2. The Bertz CT molecular complexity index is 992. The van der Waals surface area contributed by atoms with Crippen molar-refractivity contribution < 1.29 is 9.59 Å². The summed E-state index contributed by atoms with van der Waals surface area (Å²) in [5.41, 5.74) is 2.54. The Hall–Kier alpha value is -3.11. The smallest absolute Gasteiger partial charge is 0.253 e. The van der Waals surface area contributed by atoms with Crippen molar-refractivity contribution in [2.45, 2.75) is 24.8 Å². The Kier molecular flexibility index (Phi) is 6.68. The minimum absolute atomic E-state index is 0.00276. The molecule has 4 rings (SSSR count). The van der Waals surface area contributed by atoms with E-state index in [-0.39, 0.29) is 23.8 Å². The Morgan fingerprint density at radius 2 is 1.42 bits per heavy atom. The topological polar surface area (TPSA) is 49.4 Å². The summed E-state index contributed by atoms with van der Waals surface area (Å²) < 4.78 is 0. The predicted molar refractivity (Wildman–Crippen MR) is 123 cm³/mol. The van der Waals surface area contributed by atoms with E-state index in [0.717, 1.165) is 24.0 Å². The van der Waals surface area contributed by atoms with Gasteiger partial charge < -0.3 is 10.2 Å². The molecule has 0 unspecified atom stereocenters. The van der Waals surface area contributed by atoms with Gasteiger partial charge in [0.05, 0.1) is 5.92 Å². The third-order valence-corrected chi connectivity index (χ3v) is 5.96. The van der Waals surface area contributed by atoms with Gasteiger partial charge in [-0.05, 0) is 42.2 Å². The second kappa shape index (κ2) is 9.80. The molecule has 1 saturated heterocycles. The molecule has 3 aromatic carbocycles. The van der Waals surface area contributed by atoms with E-state index in [1.54, 1.807) is 24.3 Å². The summed E-state index contributed by atoms with van der Waals surface area (Å²) in [7, 11) is 0. The van der Waals surface area contributed by atoms with Gasteiger partial charge in [-0.2, -0.15) is 0 Å². The molecule has 1 N–H and O–H groups in total. The van der Waals surface area contributed by atoms with Crippen LogP contribution in [0.5, 0.6) is 0 Å². The van der Waals surface area contributed by atoms with Crippen molar-refractivity contribution >= 4 is 23.4 Å². The van der Waals surface area contributed by atoms with Gasteiger partial charge in [0.2, 0.25) is 5.91 Å². The summed E-state index contributed by atoms with van der Waals surface area (Å²) >= 11 is 6.02. The molecule has 0 saturated carbocycles. The van der Waals surface area contributed by atoms with Crippen LogP contribution in [0.2, 0.25) is 5.02 Å². The van der Waals surface area contributed by atoms with Crippen molar-refractivity contribution in [2.75, 3.05) is 13.1 Å². The van der Waals surface area contributed by atoms with Crippen molar-refractivity contribution in [1.29, 1.82) is 0 Å². The van der Waals surface area contributed by atoms with Crippen LogP contribution in [0.4, 0.5) is 0 Å². The highest BCUT2D eigenvalue weighted by Gasteiger charge is 2.28. The number of benzene rings is 3. The van der Waals surface area contributed by atoms with Crippen molar-refractivity contribution in [3.63, 3.8) is 0 Å². The largest absolute Gasteiger partial charge is 0.352 e. The highest BCUT2D eigenvalue weighted by atomic mass is 35.5. The molecule has 2 amide bonds. The molecular formula is C26H25ClN2O2. The number of nitrogens with one attached hydrogen (secondary N) is 1. The molecule has 0 aromatic heterocycles. The fourth-order valence-corrected chi connectivity index (χ4v) is 4.29. The van der Waals surface area contributed by atoms with E-state index in [1.165, 1.54) is 0 Å². The normalized spacial score (nSPS) is 14.5. The first-order valence-corrected chi connectivity index (χ1v) is 10.9. The third-order valence-electron chi connectivity index (χ3n) is 5.73. The molecule has 1 fully saturated rings. The van der Waals surface area contributed by atoms with Crippen molar-refractivity contribution in [2.24, 2.45) is 0 Å². The lowest BCUT2D eigenvalue weighted by Crippen LogP contribution is -2.47. The maximum absolute atomic E-state index is 13.3. The SMILES string of the molecule is O=C(NC1CCN(C(=O)c2cccc(Cl)c2)CC1)C(c1ccccc1)c1ccccc1. The van der Waals surface area contributed by atoms with Gasteiger partial charge >= 0.3 is 0 Å². The zero-order valence-electron chi connectivity index (χ0n) is 17.2. The minimum atomic E-state index is -0.353. The lowest BCUT2D eigenvalue weighted by molar-refractivity contribution is -0.122. The number of likely N-dealkylation sites (tertiary alicyclic amines) is 1. The summed E-state index contributed by atoms with van der Waals surface area (Å²) in [6.45, 7) is 1.22. The second-order valence-corrected chi connectivity index (χ2v) is 8.28. The van der Waals surface area contributed by atoms with E-state index in [9.17, 15) is 9.59 Å². The van der Waals surface area contributed by atoms with Gasteiger partial charge in [-0.1, -0.05) is 78.3 Å². The molecule has 158 valence electrons. The average molecular weight is 433 g/mol. The second-order valence-electron chi connectivity index (χ2n) is 7.84. The molecule has 3 aromatic rings. The minimum Gasteiger partial charge on any atom is -0.352 e. The van der Waals surface area contributed by atoms with E-state index in [1.807, 2.05) is 65.6 Å². The monoisotopic (exact) mass is 432 g/mol. The fourth-order valence-electron chi connectivity index (χ4n) is 4.10. The Balaban J connectivity index is 1.41. The predicted octanol–water partition coefficient (Wildman–Crippen LogP) is 4.89. The highest BCUT2D eigenvalue weighted by Crippen LogP contribution is 2.26. The van der Waals surface area contributed by atoms with Crippen LogP contribution in [0.15, 0.2) is 84.9 Å². The van der Waals surface area contributed by atoms with Gasteiger partial charge in [-0.3, -0.25) is 9.59 Å². The Morgan fingerprint density at radius 1 is 0.839 bits per heavy atom. The van der Waals surface area contributed by atoms with Gasteiger partial charge in [-0.25, -0.2) is 0 Å². The Labute approximate surface area is 187 Å². The number of rotatable bonds is 5. The molecule has 0 aliphatic carbocycles. The standard InChI is InChI=1S/C26H25ClN2O2/c27-22-13-7-12-21(18-22)26(31)29-16-14-23(15-17-29)28-25(30)24(19-8-3-1-4-9-19)20-10-5-2-6-11-20/h1-13,18,23-24H,14-17H2,(H,28,30). The van der Waals surface area contributed by atoms with Gasteiger partial charge in [0.25, 0.3) is 5.91 Å². The summed E-state index contributed by atoms with van der Waals surface area (Å²) in [6, 6.07) is 26.8. The highest BCUT2D eigenvalue weighted by molar-refractivity contribution is 6.30. The van der Waals surface area contributed by atoms with E-state index < -0.39 is 0 Å². The molecule has 0 atom stereocenters. The zero-order valence-corrected chi connectivity index (χ0v) is 18.0. The Morgan fingerprint density at radius 3 is 1.97 bits per heavy atom. The number of hydrogen-bond donors (Lipinski definition) is 1. The molecule has 0 radical (unpaired) electrons. The summed E-state index contributed by atoms with van der Waals surface area (Å²) in [6.07, 6.45) is 1.46. The van der Waals surface area contributed by atoms with Crippen LogP contribution in [0.25, 0.3) is 0 Å². The zero-order chi connectivity index (χ0) is 21.6. The van der Waals surface area contributed by atoms with Crippen LogP contribution in [0, 0.1) is 0 Å². The molecular weight excluding hydrogens is 408 g/mol. The van der Waals surface area contributed by atoms with Gasteiger partial charge in [0.1, 0.15) is 0 Å².